The van der Waals surface area contributed by atoms with Gasteiger partial charge < -0.3 is 10.6 Å². The minimum atomic E-state index is -0.598. The number of carbonyl (C=O) groups excluding carboxylic acids is 2. The van der Waals surface area contributed by atoms with E-state index < -0.39 is 10.8 Å². The minimum absolute atomic E-state index is 0.00622. The van der Waals surface area contributed by atoms with E-state index in [2.05, 4.69) is 15.6 Å². The lowest BCUT2D eigenvalue weighted by Gasteiger charge is -2.10. The molecule has 8 heteroatoms. The summed E-state index contributed by atoms with van der Waals surface area (Å²) in [6.45, 7) is 0. The molecule has 0 radical (unpaired) electrons. The Balaban J connectivity index is 1.81. The highest BCUT2D eigenvalue weighted by Gasteiger charge is 2.16. The Morgan fingerprint density at radius 2 is 1.67 bits per heavy atom. The Kier molecular flexibility index (Phi) is 5.17. The van der Waals surface area contributed by atoms with E-state index in [1.54, 1.807) is 42.5 Å². The molecule has 3 rings (SSSR count). The first kappa shape index (κ1) is 17.7. The van der Waals surface area contributed by atoms with E-state index in [4.69, 9.17) is 0 Å². The fourth-order valence-corrected chi connectivity index (χ4v) is 2.36. The fraction of sp³-hybridized carbons (Fsp3) is 0. The number of carbonyl (C=O) groups is 2. The molecule has 2 aromatic carbocycles. The molecule has 0 aliphatic carbocycles. The van der Waals surface area contributed by atoms with E-state index in [1.165, 1.54) is 30.5 Å². The number of anilines is 2. The second-order valence-electron chi connectivity index (χ2n) is 5.48. The second-order valence-corrected chi connectivity index (χ2v) is 5.48. The summed E-state index contributed by atoms with van der Waals surface area (Å²) in [7, 11) is 0. The van der Waals surface area contributed by atoms with Crippen molar-refractivity contribution < 1.29 is 14.5 Å². The summed E-state index contributed by atoms with van der Waals surface area (Å²) < 4.78 is 0. The predicted octanol–water partition coefficient (Wildman–Crippen LogP) is 3.49. The van der Waals surface area contributed by atoms with Crippen molar-refractivity contribution in [3.63, 3.8) is 0 Å². The SMILES string of the molecule is O=C(Nc1cccnc1C(=O)Nc1cccc([N+](=O)[O-])c1)c1ccccc1. The number of benzene rings is 2. The smallest absolute Gasteiger partial charge is 0.276 e. The molecule has 27 heavy (non-hydrogen) atoms. The lowest BCUT2D eigenvalue weighted by atomic mass is 10.2. The number of nitro groups is 1. The van der Waals surface area contributed by atoms with Crippen LogP contribution in [0, 0.1) is 10.1 Å². The number of nitrogens with zero attached hydrogens (tertiary/aromatic N) is 2. The topological polar surface area (TPSA) is 114 Å². The normalized spacial score (nSPS) is 10.1. The first-order valence-electron chi connectivity index (χ1n) is 7.92. The lowest BCUT2D eigenvalue weighted by molar-refractivity contribution is -0.384. The van der Waals surface area contributed by atoms with Crippen LogP contribution in [0.3, 0.4) is 0 Å². The highest BCUT2D eigenvalue weighted by atomic mass is 16.6. The quantitative estimate of drug-likeness (QED) is 0.532. The average molecular weight is 362 g/mol. The molecule has 0 saturated heterocycles. The molecule has 0 fully saturated rings. The zero-order chi connectivity index (χ0) is 19.2. The molecular weight excluding hydrogens is 348 g/mol. The standard InChI is InChI=1S/C19H14N4O4/c24-18(13-6-2-1-3-7-13)22-16-10-5-11-20-17(16)19(25)21-14-8-4-9-15(12-14)23(26)27/h1-12H,(H,21,25)(H,22,24). The Labute approximate surface area is 154 Å². The fourth-order valence-electron chi connectivity index (χ4n) is 2.36. The van der Waals surface area contributed by atoms with Crippen LogP contribution in [0.25, 0.3) is 0 Å². The number of rotatable bonds is 5. The Morgan fingerprint density at radius 1 is 0.889 bits per heavy atom. The summed E-state index contributed by atoms with van der Waals surface area (Å²) in [5.41, 5.74) is 0.764. The molecule has 0 saturated carbocycles. The highest BCUT2D eigenvalue weighted by Crippen LogP contribution is 2.20. The van der Waals surface area contributed by atoms with Crippen molar-refractivity contribution >= 4 is 28.9 Å². The molecule has 0 bridgehead atoms. The summed E-state index contributed by atoms with van der Waals surface area (Å²) in [4.78, 5) is 39.2. The molecule has 8 nitrogen and oxygen atoms in total. The molecule has 2 amide bonds. The summed E-state index contributed by atoms with van der Waals surface area (Å²) in [6.07, 6.45) is 1.42. The molecule has 0 unspecified atom stereocenters. The molecule has 0 atom stereocenters. The number of hydrogen-bond donors (Lipinski definition) is 2. The monoisotopic (exact) mass is 362 g/mol. The third-order valence-corrected chi connectivity index (χ3v) is 3.62. The van der Waals surface area contributed by atoms with E-state index >= 15 is 0 Å². The number of nitrogens with one attached hydrogen (secondary N) is 2. The van der Waals surface area contributed by atoms with Gasteiger partial charge in [0.2, 0.25) is 0 Å². The second kappa shape index (κ2) is 7.87. The van der Waals surface area contributed by atoms with Crippen molar-refractivity contribution in [1.29, 1.82) is 0 Å². The van der Waals surface area contributed by atoms with Crippen LogP contribution in [-0.4, -0.2) is 21.7 Å². The minimum Gasteiger partial charge on any atom is -0.320 e. The van der Waals surface area contributed by atoms with E-state index in [-0.39, 0.29) is 28.7 Å². The van der Waals surface area contributed by atoms with Gasteiger partial charge in [0.15, 0.2) is 5.69 Å². The van der Waals surface area contributed by atoms with Gasteiger partial charge in [0, 0.05) is 29.6 Å². The van der Waals surface area contributed by atoms with Crippen molar-refractivity contribution in [2.75, 3.05) is 10.6 Å². The average Bonchev–Trinajstić information content (AvgIpc) is 2.69. The summed E-state index contributed by atoms with van der Waals surface area (Å²) in [5, 5.41) is 16.1. The number of aromatic nitrogens is 1. The molecule has 1 heterocycles. The van der Waals surface area contributed by atoms with Gasteiger partial charge in [-0.15, -0.1) is 0 Å². The van der Waals surface area contributed by atoms with Gasteiger partial charge in [-0.1, -0.05) is 24.3 Å². The third kappa shape index (κ3) is 4.31. The van der Waals surface area contributed by atoms with Gasteiger partial charge in [0.25, 0.3) is 17.5 Å². The van der Waals surface area contributed by atoms with Crippen LogP contribution >= 0.6 is 0 Å². The zero-order valence-electron chi connectivity index (χ0n) is 14.0. The molecule has 1 aromatic heterocycles. The Morgan fingerprint density at radius 3 is 2.41 bits per heavy atom. The Hall–Kier alpha value is -4.07. The molecule has 134 valence electrons. The van der Waals surface area contributed by atoms with Gasteiger partial charge >= 0.3 is 0 Å². The van der Waals surface area contributed by atoms with Gasteiger partial charge in [-0.3, -0.25) is 19.7 Å². The maximum Gasteiger partial charge on any atom is 0.276 e. The number of hydrogen-bond acceptors (Lipinski definition) is 5. The molecular formula is C19H14N4O4. The first-order valence-corrected chi connectivity index (χ1v) is 7.92. The van der Waals surface area contributed by atoms with Crippen LogP contribution in [0.15, 0.2) is 72.9 Å². The number of nitro benzene ring substituents is 1. The summed E-state index contributed by atoms with van der Waals surface area (Å²) >= 11 is 0. The van der Waals surface area contributed by atoms with Crippen LogP contribution in [0.2, 0.25) is 0 Å². The Bertz CT molecular complexity index is 1010. The zero-order valence-corrected chi connectivity index (χ0v) is 14.0. The lowest BCUT2D eigenvalue weighted by Crippen LogP contribution is -2.19. The van der Waals surface area contributed by atoms with Crippen LogP contribution < -0.4 is 10.6 Å². The molecule has 0 aliphatic heterocycles. The maximum atomic E-state index is 12.5. The van der Waals surface area contributed by atoms with Crippen LogP contribution in [0.5, 0.6) is 0 Å². The van der Waals surface area contributed by atoms with Gasteiger partial charge in [-0.2, -0.15) is 0 Å². The van der Waals surface area contributed by atoms with Gasteiger partial charge in [0.05, 0.1) is 10.6 Å². The van der Waals surface area contributed by atoms with Gasteiger partial charge in [0.1, 0.15) is 0 Å². The molecule has 0 aliphatic rings. The molecule has 0 spiro atoms. The van der Waals surface area contributed by atoms with Crippen molar-refractivity contribution in [3.8, 4) is 0 Å². The van der Waals surface area contributed by atoms with Crippen LogP contribution in [0.4, 0.5) is 17.1 Å². The third-order valence-electron chi connectivity index (χ3n) is 3.62. The van der Waals surface area contributed by atoms with E-state index in [1.807, 2.05) is 0 Å². The van der Waals surface area contributed by atoms with Crippen molar-refractivity contribution in [2.45, 2.75) is 0 Å². The molecule has 3 aromatic rings. The van der Waals surface area contributed by atoms with Crippen LogP contribution in [0.1, 0.15) is 20.8 Å². The number of amides is 2. The van der Waals surface area contributed by atoms with E-state index in [0.717, 1.165) is 0 Å². The van der Waals surface area contributed by atoms with E-state index in [0.29, 0.717) is 5.56 Å². The summed E-state index contributed by atoms with van der Waals surface area (Å²) in [5.74, 6) is -0.979. The number of pyridine rings is 1. The predicted molar refractivity (Wildman–Crippen MR) is 99.7 cm³/mol. The van der Waals surface area contributed by atoms with Crippen molar-refractivity contribution in [1.82, 2.24) is 4.98 Å². The first-order chi connectivity index (χ1) is 13.0. The summed E-state index contributed by atoms with van der Waals surface area (Å²) in [6, 6.07) is 17.2. The van der Waals surface area contributed by atoms with Crippen molar-refractivity contribution in [2.24, 2.45) is 0 Å². The highest BCUT2D eigenvalue weighted by molar-refractivity contribution is 6.11. The van der Waals surface area contributed by atoms with Crippen molar-refractivity contribution in [3.05, 3.63) is 94.3 Å². The van der Waals surface area contributed by atoms with E-state index in [9.17, 15) is 19.7 Å². The van der Waals surface area contributed by atoms with Gasteiger partial charge in [-0.25, -0.2) is 4.98 Å². The van der Waals surface area contributed by atoms with Crippen LogP contribution in [-0.2, 0) is 0 Å². The maximum absolute atomic E-state index is 12.5. The largest absolute Gasteiger partial charge is 0.320 e. The number of non-ortho nitro benzene ring substituents is 1. The molecule has 2 N–H and O–H groups in total. The van der Waals surface area contributed by atoms with Gasteiger partial charge in [-0.05, 0) is 30.3 Å².